The predicted molar refractivity (Wildman–Crippen MR) is 100 cm³/mol. The van der Waals surface area contributed by atoms with E-state index in [0.29, 0.717) is 12.0 Å². The Morgan fingerprint density at radius 3 is 2.58 bits per heavy atom. The maximum absolute atomic E-state index is 12.8. The fourth-order valence-corrected chi connectivity index (χ4v) is 3.35. The zero-order chi connectivity index (χ0) is 18.9. The van der Waals surface area contributed by atoms with E-state index in [1.165, 1.54) is 0 Å². The highest BCUT2D eigenvalue weighted by Crippen LogP contribution is 2.41. The molecule has 3 rings (SSSR count). The predicted octanol–water partition coefficient (Wildman–Crippen LogP) is 4.04. The molecule has 2 aromatic rings. The van der Waals surface area contributed by atoms with Gasteiger partial charge in [-0.15, -0.1) is 0 Å². The number of hydrogen-bond donors (Lipinski definition) is 1. The van der Waals surface area contributed by atoms with Crippen LogP contribution in [0.25, 0.3) is 0 Å². The Kier molecular flexibility index (Phi) is 4.81. The first-order valence-electron chi connectivity index (χ1n) is 8.65. The molecule has 1 heterocycles. The monoisotopic (exact) mass is 355 g/mol. The molecule has 0 aromatic heterocycles. The second kappa shape index (κ2) is 6.90. The van der Waals surface area contributed by atoms with Gasteiger partial charge < -0.3 is 19.5 Å². The van der Waals surface area contributed by atoms with E-state index in [9.17, 15) is 4.79 Å². The second-order valence-corrected chi connectivity index (χ2v) is 7.18. The fourth-order valence-electron chi connectivity index (χ4n) is 3.35. The van der Waals surface area contributed by atoms with Gasteiger partial charge >= 0.3 is 0 Å². The van der Waals surface area contributed by atoms with Gasteiger partial charge in [0.15, 0.2) is 0 Å². The van der Waals surface area contributed by atoms with Crippen molar-refractivity contribution in [1.82, 2.24) is 5.32 Å². The molecule has 0 radical (unpaired) electrons. The van der Waals surface area contributed by atoms with Gasteiger partial charge in [0, 0.05) is 17.5 Å². The highest BCUT2D eigenvalue weighted by molar-refractivity contribution is 5.95. The number of hydrogen-bond acceptors (Lipinski definition) is 4. The highest BCUT2D eigenvalue weighted by atomic mass is 16.5. The van der Waals surface area contributed by atoms with Gasteiger partial charge in [-0.05, 0) is 62.7 Å². The minimum absolute atomic E-state index is 0.118. The van der Waals surface area contributed by atoms with E-state index in [4.69, 9.17) is 14.2 Å². The minimum Gasteiger partial charge on any atom is -0.497 e. The molecule has 5 heteroatoms. The van der Waals surface area contributed by atoms with Crippen molar-refractivity contribution in [2.24, 2.45) is 0 Å². The number of amides is 1. The molecule has 1 aliphatic heterocycles. The average molecular weight is 355 g/mol. The van der Waals surface area contributed by atoms with E-state index in [-0.39, 0.29) is 17.6 Å². The summed E-state index contributed by atoms with van der Waals surface area (Å²) in [6, 6.07) is 11.0. The number of ether oxygens (including phenoxy) is 3. The van der Waals surface area contributed by atoms with Crippen molar-refractivity contribution in [3.8, 4) is 17.2 Å². The van der Waals surface area contributed by atoms with Crippen molar-refractivity contribution in [2.45, 2.75) is 38.8 Å². The summed E-state index contributed by atoms with van der Waals surface area (Å²) in [4.78, 5) is 12.8. The van der Waals surface area contributed by atoms with Gasteiger partial charge in [0.05, 0.1) is 20.3 Å². The molecule has 26 heavy (non-hydrogen) atoms. The summed E-state index contributed by atoms with van der Waals surface area (Å²) in [5, 5.41) is 3.15. The van der Waals surface area contributed by atoms with Gasteiger partial charge in [0.25, 0.3) is 5.91 Å². The van der Waals surface area contributed by atoms with Gasteiger partial charge in [0.1, 0.15) is 22.8 Å². The first kappa shape index (κ1) is 18.1. The molecule has 0 saturated heterocycles. The molecule has 1 aliphatic rings. The largest absolute Gasteiger partial charge is 0.497 e. The number of nitrogens with one attached hydrogen (secondary N) is 1. The SMILES string of the molecule is COc1ccc2c(c1)C(NC(=O)c1ccc(OC)c(C)c1)CC(C)(C)O2. The summed E-state index contributed by atoms with van der Waals surface area (Å²) in [6.07, 6.45) is 0.675. The van der Waals surface area contributed by atoms with Gasteiger partial charge in [-0.1, -0.05) is 0 Å². The third-order valence-electron chi connectivity index (χ3n) is 4.64. The average Bonchev–Trinajstić information content (AvgIpc) is 2.60. The smallest absolute Gasteiger partial charge is 0.251 e. The van der Waals surface area contributed by atoms with Crippen molar-refractivity contribution in [3.63, 3.8) is 0 Å². The summed E-state index contributed by atoms with van der Waals surface area (Å²) < 4.78 is 16.7. The van der Waals surface area contributed by atoms with Crippen LogP contribution in [-0.4, -0.2) is 25.7 Å². The number of benzene rings is 2. The van der Waals surface area contributed by atoms with Crippen LogP contribution >= 0.6 is 0 Å². The van der Waals surface area contributed by atoms with Crippen molar-refractivity contribution < 1.29 is 19.0 Å². The van der Waals surface area contributed by atoms with E-state index in [1.54, 1.807) is 20.3 Å². The van der Waals surface area contributed by atoms with Crippen molar-refractivity contribution in [3.05, 3.63) is 53.1 Å². The molecule has 1 amide bonds. The van der Waals surface area contributed by atoms with Gasteiger partial charge in [-0.2, -0.15) is 0 Å². The topological polar surface area (TPSA) is 56.8 Å². The molecule has 0 spiro atoms. The van der Waals surface area contributed by atoms with Gasteiger partial charge in [0.2, 0.25) is 0 Å². The lowest BCUT2D eigenvalue weighted by molar-refractivity contribution is 0.0618. The highest BCUT2D eigenvalue weighted by Gasteiger charge is 2.35. The first-order valence-corrected chi connectivity index (χ1v) is 8.65. The van der Waals surface area contributed by atoms with Crippen LogP contribution in [0.4, 0.5) is 0 Å². The molecule has 1 N–H and O–H groups in total. The quantitative estimate of drug-likeness (QED) is 0.899. The Bertz CT molecular complexity index is 829. The Morgan fingerprint density at radius 2 is 1.92 bits per heavy atom. The lowest BCUT2D eigenvalue weighted by Gasteiger charge is -2.38. The summed E-state index contributed by atoms with van der Waals surface area (Å²) in [6.45, 7) is 5.97. The number of aryl methyl sites for hydroxylation is 1. The second-order valence-electron chi connectivity index (χ2n) is 7.18. The van der Waals surface area contributed by atoms with Crippen LogP contribution in [0.15, 0.2) is 36.4 Å². The maximum Gasteiger partial charge on any atom is 0.251 e. The number of carbonyl (C=O) groups is 1. The number of carbonyl (C=O) groups excluding carboxylic acids is 1. The molecule has 0 bridgehead atoms. The summed E-state index contributed by atoms with van der Waals surface area (Å²) in [5.41, 5.74) is 2.10. The lowest BCUT2D eigenvalue weighted by atomic mass is 9.89. The van der Waals surface area contributed by atoms with Gasteiger partial charge in [-0.3, -0.25) is 4.79 Å². The molecule has 1 unspecified atom stereocenters. The molecular weight excluding hydrogens is 330 g/mol. The number of rotatable bonds is 4. The van der Waals surface area contributed by atoms with E-state index in [1.807, 2.05) is 51.1 Å². The fraction of sp³-hybridized carbons (Fsp3) is 0.381. The molecule has 0 aliphatic carbocycles. The van der Waals surface area contributed by atoms with Crippen LogP contribution < -0.4 is 19.5 Å². The summed E-state index contributed by atoms with van der Waals surface area (Å²) in [5.74, 6) is 2.17. The van der Waals surface area contributed by atoms with Crippen molar-refractivity contribution >= 4 is 5.91 Å². The maximum atomic E-state index is 12.8. The van der Waals surface area contributed by atoms with Crippen LogP contribution in [0.3, 0.4) is 0 Å². The summed E-state index contributed by atoms with van der Waals surface area (Å²) >= 11 is 0. The third-order valence-corrected chi connectivity index (χ3v) is 4.64. The minimum atomic E-state index is -0.366. The van der Waals surface area contributed by atoms with Crippen LogP contribution in [0.1, 0.15) is 47.8 Å². The zero-order valence-electron chi connectivity index (χ0n) is 15.9. The zero-order valence-corrected chi connectivity index (χ0v) is 15.9. The van der Waals surface area contributed by atoms with Crippen molar-refractivity contribution in [1.29, 1.82) is 0 Å². The summed E-state index contributed by atoms with van der Waals surface area (Å²) in [7, 11) is 3.25. The number of fused-ring (bicyclic) bond motifs is 1. The molecule has 0 saturated carbocycles. The normalized spacial score (nSPS) is 17.7. The van der Waals surface area contributed by atoms with Crippen LogP contribution in [0.5, 0.6) is 17.2 Å². The lowest BCUT2D eigenvalue weighted by Crippen LogP contribution is -2.41. The van der Waals surface area contributed by atoms with E-state index < -0.39 is 0 Å². The Labute approximate surface area is 154 Å². The Morgan fingerprint density at radius 1 is 1.15 bits per heavy atom. The molecule has 5 nitrogen and oxygen atoms in total. The van der Waals surface area contributed by atoms with E-state index in [2.05, 4.69) is 5.32 Å². The number of methoxy groups -OCH3 is 2. The molecule has 138 valence electrons. The standard InChI is InChI=1S/C21H25NO4/c1-13-10-14(6-8-18(13)25-5)20(23)22-17-12-21(2,3)26-19-9-7-15(24-4)11-16(17)19/h6-11,17H,12H2,1-5H3,(H,22,23). The van der Waals surface area contributed by atoms with E-state index >= 15 is 0 Å². The molecule has 2 aromatic carbocycles. The third kappa shape index (κ3) is 3.62. The Hall–Kier alpha value is -2.69. The molecule has 0 fully saturated rings. The van der Waals surface area contributed by atoms with Crippen molar-refractivity contribution in [2.75, 3.05) is 14.2 Å². The van der Waals surface area contributed by atoms with Crippen LogP contribution in [0, 0.1) is 6.92 Å². The molecular formula is C21H25NO4. The first-order chi connectivity index (χ1) is 12.3. The van der Waals surface area contributed by atoms with Crippen LogP contribution in [0.2, 0.25) is 0 Å². The van der Waals surface area contributed by atoms with E-state index in [0.717, 1.165) is 28.4 Å². The van der Waals surface area contributed by atoms with Gasteiger partial charge in [-0.25, -0.2) is 0 Å². The Balaban J connectivity index is 1.89. The molecule has 1 atom stereocenters. The van der Waals surface area contributed by atoms with Crippen LogP contribution in [-0.2, 0) is 0 Å².